The van der Waals surface area contributed by atoms with Crippen LogP contribution in [0.25, 0.3) is 0 Å². The van der Waals surface area contributed by atoms with E-state index in [0.29, 0.717) is 6.54 Å². The van der Waals surface area contributed by atoms with E-state index < -0.39 is 0 Å². The Morgan fingerprint density at radius 2 is 2.28 bits per heavy atom. The van der Waals surface area contributed by atoms with Gasteiger partial charge in [-0.25, -0.2) is 0 Å². The lowest BCUT2D eigenvalue weighted by molar-refractivity contribution is 0.0760. The number of hydrogen-bond donors (Lipinski definition) is 0. The first kappa shape index (κ1) is 12.7. The highest BCUT2D eigenvalue weighted by Crippen LogP contribution is 2.32. The summed E-state index contributed by atoms with van der Waals surface area (Å²) >= 11 is 0. The molecule has 4 heteroatoms. The van der Waals surface area contributed by atoms with E-state index in [4.69, 9.17) is 14.7 Å². The molecule has 1 aliphatic rings. The Morgan fingerprint density at radius 1 is 1.50 bits per heavy atom. The van der Waals surface area contributed by atoms with Crippen molar-refractivity contribution >= 4 is 0 Å². The van der Waals surface area contributed by atoms with E-state index >= 15 is 0 Å². The Bertz CT molecular complexity index is 477. The predicted molar refractivity (Wildman–Crippen MR) is 68.6 cm³/mol. The van der Waals surface area contributed by atoms with Gasteiger partial charge >= 0.3 is 0 Å². The second-order valence-corrected chi connectivity index (χ2v) is 5.14. The van der Waals surface area contributed by atoms with Crippen molar-refractivity contribution in [1.82, 2.24) is 4.90 Å². The number of ether oxygens (including phenoxy) is 2. The van der Waals surface area contributed by atoms with Crippen molar-refractivity contribution in [3.8, 4) is 17.6 Å². The predicted octanol–water partition coefficient (Wildman–Crippen LogP) is 2.19. The molecule has 0 bridgehead atoms. The minimum atomic E-state index is -0.311. The largest absolute Gasteiger partial charge is 0.497 e. The lowest BCUT2D eigenvalue weighted by Crippen LogP contribution is -2.40. The molecule has 0 fully saturated rings. The summed E-state index contributed by atoms with van der Waals surface area (Å²) in [6, 6.07) is 8.03. The molecule has 0 radical (unpaired) electrons. The molecule has 0 aromatic heterocycles. The van der Waals surface area contributed by atoms with Gasteiger partial charge < -0.3 is 9.47 Å². The van der Waals surface area contributed by atoms with Crippen LogP contribution in [0.15, 0.2) is 18.2 Å². The Hall–Kier alpha value is -1.73. The SMILES string of the molecule is COc1ccc2c(c1)OC(C)(C)CN(CC#N)C2. The molecule has 0 amide bonds. The van der Waals surface area contributed by atoms with Crippen LogP contribution in [0.3, 0.4) is 0 Å². The van der Waals surface area contributed by atoms with Crippen LogP contribution in [0.2, 0.25) is 0 Å². The monoisotopic (exact) mass is 246 g/mol. The molecule has 0 N–H and O–H groups in total. The Labute approximate surface area is 108 Å². The number of nitrogens with zero attached hydrogens (tertiary/aromatic N) is 2. The molecule has 0 atom stereocenters. The zero-order valence-corrected chi connectivity index (χ0v) is 11.1. The molecule has 1 aromatic rings. The summed E-state index contributed by atoms with van der Waals surface area (Å²) < 4.78 is 11.2. The molecule has 0 unspecified atom stereocenters. The van der Waals surface area contributed by atoms with Gasteiger partial charge in [0, 0.05) is 24.7 Å². The summed E-state index contributed by atoms with van der Waals surface area (Å²) in [5, 5.41) is 8.86. The molecule has 96 valence electrons. The highest BCUT2D eigenvalue weighted by atomic mass is 16.5. The fourth-order valence-corrected chi connectivity index (χ4v) is 2.26. The molecule has 1 aromatic carbocycles. The van der Waals surface area contributed by atoms with Crippen LogP contribution >= 0.6 is 0 Å². The average Bonchev–Trinajstić information content (AvgIpc) is 2.42. The third-order valence-corrected chi connectivity index (χ3v) is 2.95. The van der Waals surface area contributed by atoms with Gasteiger partial charge in [0.15, 0.2) is 0 Å². The van der Waals surface area contributed by atoms with E-state index in [1.54, 1.807) is 7.11 Å². The maximum Gasteiger partial charge on any atom is 0.128 e. The average molecular weight is 246 g/mol. The van der Waals surface area contributed by atoms with E-state index in [9.17, 15) is 0 Å². The standard InChI is InChI=1S/C14H18N2O2/c1-14(2)10-16(7-6-15)9-11-4-5-12(17-3)8-13(11)18-14/h4-5,8H,7,9-10H2,1-3H3. The van der Waals surface area contributed by atoms with E-state index in [1.807, 2.05) is 32.0 Å². The molecule has 1 aliphatic heterocycles. The lowest BCUT2D eigenvalue weighted by Gasteiger charge is -2.28. The summed E-state index contributed by atoms with van der Waals surface area (Å²) in [5.41, 5.74) is 0.783. The molecule has 18 heavy (non-hydrogen) atoms. The zero-order valence-electron chi connectivity index (χ0n) is 11.1. The number of methoxy groups -OCH3 is 1. The summed E-state index contributed by atoms with van der Waals surface area (Å²) in [5.74, 6) is 1.64. The van der Waals surface area contributed by atoms with Crippen LogP contribution in [0, 0.1) is 11.3 Å². The summed E-state index contributed by atoms with van der Waals surface area (Å²) in [7, 11) is 1.64. The van der Waals surface area contributed by atoms with Crippen LogP contribution in [-0.4, -0.2) is 30.7 Å². The highest BCUT2D eigenvalue weighted by molar-refractivity contribution is 5.41. The molecule has 0 spiro atoms. The molecule has 0 saturated heterocycles. The first-order chi connectivity index (χ1) is 8.54. The van der Waals surface area contributed by atoms with Crippen molar-refractivity contribution in [3.05, 3.63) is 23.8 Å². The molecule has 1 heterocycles. The molecule has 2 rings (SSSR count). The molecular formula is C14H18N2O2. The van der Waals surface area contributed by atoms with E-state index in [0.717, 1.165) is 30.2 Å². The second-order valence-electron chi connectivity index (χ2n) is 5.14. The second kappa shape index (κ2) is 4.87. The van der Waals surface area contributed by atoms with Gasteiger partial charge in [-0.15, -0.1) is 0 Å². The van der Waals surface area contributed by atoms with Crippen molar-refractivity contribution in [2.45, 2.75) is 26.0 Å². The first-order valence-corrected chi connectivity index (χ1v) is 5.99. The van der Waals surface area contributed by atoms with Crippen LogP contribution in [0.5, 0.6) is 11.5 Å². The van der Waals surface area contributed by atoms with Crippen molar-refractivity contribution in [1.29, 1.82) is 5.26 Å². The normalized spacial score (nSPS) is 18.1. The fourth-order valence-electron chi connectivity index (χ4n) is 2.26. The van der Waals surface area contributed by atoms with Gasteiger partial charge in [-0.05, 0) is 19.9 Å². The quantitative estimate of drug-likeness (QED) is 0.750. The van der Waals surface area contributed by atoms with E-state index in [2.05, 4.69) is 11.0 Å². The van der Waals surface area contributed by atoms with E-state index in [1.165, 1.54) is 0 Å². The van der Waals surface area contributed by atoms with Crippen LogP contribution in [0.1, 0.15) is 19.4 Å². The molecule has 0 aliphatic carbocycles. The van der Waals surface area contributed by atoms with Gasteiger partial charge in [-0.3, -0.25) is 4.90 Å². The molecule has 4 nitrogen and oxygen atoms in total. The number of nitriles is 1. The first-order valence-electron chi connectivity index (χ1n) is 5.99. The van der Waals surface area contributed by atoms with Crippen LogP contribution < -0.4 is 9.47 Å². The van der Waals surface area contributed by atoms with E-state index in [-0.39, 0.29) is 5.60 Å². The maximum absolute atomic E-state index is 8.86. The zero-order chi connectivity index (χ0) is 13.2. The number of hydrogen-bond acceptors (Lipinski definition) is 4. The van der Waals surface area contributed by atoms with Crippen molar-refractivity contribution in [2.75, 3.05) is 20.2 Å². The van der Waals surface area contributed by atoms with Gasteiger partial charge in [0.1, 0.15) is 17.1 Å². The smallest absolute Gasteiger partial charge is 0.128 e. The Morgan fingerprint density at radius 3 is 2.94 bits per heavy atom. The van der Waals surface area contributed by atoms with Crippen LogP contribution in [0.4, 0.5) is 0 Å². The maximum atomic E-state index is 8.86. The van der Waals surface area contributed by atoms with Gasteiger partial charge in [0.25, 0.3) is 0 Å². The van der Waals surface area contributed by atoms with Crippen molar-refractivity contribution in [3.63, 3.8) is 0 Å². The Kier molecular flexibility index (Phi) is 3.44. The molecule has 0 saturated carbocycles. The summed E-state index contributed by atoms with van der Waals surface area (Å²) in [6.07, 6.45) is 0. The number of rotatable bonds is 2. The summed E-state index contributed by atoms with van der Waals surface area (Å²) in [6.45, 7) is 5.95. The summed E-state index contributed by atoms with van der Waals surface area (Å²) in [4.78, 5) is 2.10. The van der Waals surface area contributed by atoms with Gasteiger partial charge in [0.2, 0.25) is 0 Å². The fraction of sp³-hybridized carbons (Fsp3) is 0.500. The van der Waals surface area contributed by atoms with Gasteiger partial charge in [-0.1, -0.05) is 6.07 Å². The van der Waals surface area contributed by atoms with Crippen molar-refractivity contribution < 1.29 is 9.47 Å². The Balaban J connectivity index is 2.35. The molecular weight excluding hydrogens is 228 g/mol. The van der Waals surface area contributed by atoms with Gasteiger partial charge in [0.05, 0.1) is 19.7 Å². The topological polar surface area (TPSA) is 45.5 Å². The highest BCUT2D eigenvalue weighted by Gasteiger charge is 2.29. The van der Waals surface area contributed by atoms with Crippen molar-refractivity contribution in [2.24, 2.45) is 0 Å². The van der Waals surface area contributed by atoms with Crippen LogP contribution in [-0.2, 0) is 6.54 Å². The third-order valence-electron chi connectivity index (χ3n) is 2.95. The minimum absolute atomic E-state index is 0.311. The minimum Gasteiger partial charge on any atom is -0.497 e. The number of fused-ring (bicyclic) bond motifs is 1. The number of benzene rings is 1. The lowest BCUT2D eigenvalue weighted by atomic mass is 10.1. The van der Waals surface area contributed by atoms with Gasteiger partial charge in [-0.2, -0.15) is 5.26 Å². The third kappa shape index (κ3) is 2.74.